The van der Waals surface area contributed by atoms with Gasteiger partial charge in [0, 0.05) is 25.2 Å². The summed E-state index contributed by atoms with van der Waals surface area (Å²) < 4.78 is 14.1. The minimum absolute atomic E-state index is 0. The van der Waals surface area contributed by atoms with E-state index in [0.29, 0.717) is 23.5 Å². The van der Waals surface area contributed by atoms with Crippen molar-refractivity contribution in [2.24, 2.45) is 12.0 Å². The van der Waals surface area contributed by atoms with E-state index in [1.165, 1.54) is 5.56 Å². The Morgan fingerprint density at radius 3 is 2.10 bits per heavy atom. The highest BCUT2D eigenvalue weighted by atomic mass is 35.5. The van der Waals surface area contributed by atoms with E-state index in [1.54, 1.807) is 30.4 Å². The molecule has 2 aromatic carbocycles. The maximum absolute atomic E-state index is 13.1. The zero-order chi connectivity index (χ0) is 22.0. The number of hydrogen-bond acceptors (Lipinski definition) is 4. The van der Waals surface area contributed by atoms with Crippen LogP contribution in [0.25, 0.3) is 11.3 Å². The third-order valence-corrected chi connectivity index (χ3v) is 5.28. The topological polar surface area (TPSA) is 57.8 Å². The normalized spacial score (nSPS) is 11.3. The highest BCUT2D eigenvalue weighted by molar-refractivity contribution is 5.85. The fourth-order valence-electron chi connectivity index (χ4n) is 3.79. The van der Waals surface area contributed by atoms with Crippen molar-refractivity contribution in [3.05, 3.63) is 69.1 Å². The first kappa shape index (κ1) is 24.3. The quantitative estimate of drug-likeness (QED) is 0.584. The van der Waals surface area contributed by atoms with Gasteiger partial charge in [-0.3, -0.25) is 9.13 Å². The molecule has 0 amide bonds. The van der Waals surface area contributed by atoms with Gasteiger partial charge in [0.2, 0.25) is 0 Å². The maximum Gasteiger partial charge on any atom is 0.329 e. The van der Waals surface area contributed by atoms with Crippen molar-refractivity contribution in [2.45, 2.75) is 34.2 Å². The van der Waals surface area contributed by atoms with E-state index >= 15 is 0 Å². The van der Waals surface area contributed by atoms with Crippen molar-refractivity contribution in [1.82, 2.24) is 9.13 Å². The second-order valence-corrected chi connectivity index (χ2v) is 7.40. The van der Waals surface area contributed by atoms with Crippen LogP contribution in [0.15, 0.2) is 46.2 Å². The Morgan fingerprint density at radius 2 is 1.55 bits per heavy atom. The van der Waals surface area contributed by atoms with E-state index < -0.39 is 0 Å². The average Bonchev–Trinajstić information content (AvgIpc) is 2.72. The Bertz CT molecular complexity index is 1200. The fourth-order valence-corrected chi connectivity index (χ4v) is 3.79. The second-order valence-electron chi connectivity index (χ2n) is 7.40. The molecular weight excluding hydrogens is 414 g/mol. The molecule has 0 aliphatic carbocycles. The Labute approximate surface area is 189 Å². The molecule has 0 atom stereocenters. The van der Waals surface area contributed by atoms with Crippen LogP contribution in [0.4, 0.5) is 5.69 Å². The highest BCUT2D eigenvalue weighted by Crippen LogP contribution is 2.31. The maximum atomic E-state index is 13.1. The van der Waals surface area contributed by atoms with E-state index in [-0.39, 0.29) is 18.1 Å². The first-order valence-corrected chi connectivity index (χ1v) is 9.96. The largest absolute Gasteiger partial charge is 0.493 e. The fraction of sp³-hybridized carbons (Fsp3) is 0.333. The summed E-state index contributed by atoms with van der Waals surface area (Å²) in [6.45, 7) is 8.65. The van der Waals surface area contributed by atoms with E-state index in [2.05, 4.69) is 19.1 Å². The number of halogens is 1. The van der Waals surface area contributed by atoms with Gasteiger partial charge in [0.15, 0.2) is 11.5 Å². The Balaban J connectivity index is 0.00000341. The van der Waals surface area contributed by atoms with Gasteiger partial charge in [-0.2, -0.15) is 0 Å². The van der Waals surface area contributed by atoms with Crippen LogP contribution in [0.3, 0.4) is 0 Å². The van der Waals surface area contributed by atoms with Crippen molar-refractivity contribution < 1.29 is 9.47 Å². The molecule has 3 aromatic rings. The van der Waals surface area contributed by atoms with Gasteiger partial charge in [-0.15, -0.1) is 12.4 Å². The van der Waals surface area contributed by atoms with Crippen LogP contribution < -0.4 is 20.7 Å². The lowest BCUT2D eigenvalue weighted by atomic mass is 10.1. The molecule has 1 heterocycles. The number of ether oxygens (including phenoxy) is 2. The molecule has 0 spiro atoms. The number of benzene rings is 2. The zero-order valence-electron chi connectivity index (χ0n) is 19.1. The molecule has 166 valence electrons. The Morgan fingerprint density at radius 1 is 0.935 bits per heavy atom. The van der Waals surface area contributed by atoms with Crippen molar-refractivity contribution >= 4 is 18.1 Å². The zero-order valence-corrected chi connectivity index (χ0v) is 20.0. The van der Waals surface area contributed by atoms with Crippen molar-refractivity contribution in [3.8, 4) is 22.8 Å². The smallest absolute Gasteiger partial charge is 0.329 e. The predicted octanol–water partition coefficient (Wildman–Crippen LogP) is 4.47. The van der Waals surface area contributed by atoms with Gasteiger partial charge in [-0.25, -0.2) is 9.79 Å². The minimum atomic E-state index is -0.119. The highest BCUT2D eigenvalue weighted by Gasteiger charge is 2.13. The monoisotopic (exact) mass is 443 g/mol. The summed E-state index contributed by atoms with van der Waals surface area (Å²) in [5.41, 5.74) is 6.38. The lowest BCUT2D eigenvalue weighted by Gasteiger charge is -2.16. The predicted molar refractivity (Wildman–Crippen MR) is 127 cm³/mol. The molecule has 3 rings (SSSR count). The van der Waals surface area contributed by atoms with Crippen molar-refractivity contribution in [3.63, 3.8) is 0 Å². The molecule has 7 heteroatoms. The van der Waals surface area contributed by atoms with Gasteiger partial charge in [-0.05, 0) is 57.0 Å². The van der Waals surface area contributed by atoms with Gasteiger partial charge >= 0.3 is 5.69 Å². The van der Waals surface area contributed by atoms with Crippen molar-refractivity contribution in [2.75, 3.05) is 14.2 Å². The summed E-state index contributed by atoms with van der Waals surface area (Å²) in [4.78, 5) is 18.0. The minimum Gasteiger partial charge on any atom is -0.493 e. The van der Waals surface area contributed by atoms with Crippen LogP contribution in [-0.2, 0) is 13.6 Å². The molecule has 0 aliphatic heterocycles. The van der Waals surface area contributed by atoms with Crippen LogP contribution in [-0.4, -0.2) is 23.4 Å². The molecule has 0 aliphatic rings. The van der Waals surface area contributed by atoms with E-state index in [1.807, 2.05) is 45.0 Å². The Hall–Kier alpha value is -2.99. The van der Waals surface area contributed by atoms with Crippen LogP contribution in [0.1, 0.15) is 23.6 Å². The molecule has 1 aromatic heterocycles. The van der Waals surface area contributed by atoms with Gasteiger partial charge in [0.05, 0.1) is 25.6 Å². The molecule has 0 saturated carbocycles. The average molecular weight is 444 g/mol. The summed E-state index contributed by atoms with van der Waals surface area (Å²) in [6.07, 6.45) is 0. The molecule has 31 heavy (non-hydrogen) atoms. The summed E-state index contributed by atoms with van der Waals surface area (Å²) in [5.74, 6) is 1.26. The van der Waals surface area contributed by atoms with Crippen LogP contribution >= 0.6 is 12.4 Å². The summed E-state index contributed by atoms with van der Waals surface area (Å²) in [6, 6.07) is 11.8. The molecule has 6 nitrogen and oxygen atoms in total. The number of hydrogen-bond donors (Lipinski definition) is 0. The first-order valence-electron chi connectivity index (χ1n) is 9.96. The first-order chi connectivity index (χ1) is 14.3. The number of rotatable bonds is 5. The summed E-state index contributed by atoms with van der Waals surface area (Å²) >= 11 is 0. The van der Waals surface area contributed by atoms with Gasteiger partial charge in [0.25, 0.3) is 0 Å². The third kappa shape index (κ3) is 4.69. The second kappa shape index (κ2) is 9.88. The molecule has 0 fully saturated rings. The van der Waals surface area contributed by atoms with Crippen LogP contribution in [0.2, 0.25) is 0 Å². The SMILES string of the molecule is CCn1c(-c2ccc(OC)c(OC)c2)c/c(=N/c2c(C)cc(C)cc2C)n(C)c1=O.Cl. The molecule has 0 bridgehead atoms. The lowest BCUT2D eigenvalue weighted by molar-refractivity contribution is 0.355. The Kier molecular flexibility index (Phi) is 7.74. The standard InChI is InChI=1S/C24H29N3O3.ClH/c1-8-27-19(18-9-10-20(29-6)21(13-18)30-7)14-22(26(5)24(27)28)25-23-16(3)11-15(2)12-17(23)4;/h9-14H,8H2,1-7H3;1H/b25-22-;. The third-order valence-electron chi connectivity index (χ3n) is 5.28. The lowest BCUT2D eigenvalue weighted by Crippen LogP contribution is -2.38. The summed E-state index contributed by atoms with van der Waals surface area (Å²) in [7, 11) is 4.96. The summed E-state index contributed by atoms with van der Waals surface area (Å²) in [5, 5.41) is 0. The van der Waals surface area contributed by atoms with Crippen LogP contribution in [0, 0.1) is 20.8 Å². The van der Waals surface area contributed by atoms with Gasteiger partial charge in [0.1, 0.15) is 5.49 Å². The van der Waals surface area contributed by atoms with E-state index in [9.17, 15) is 4.79 Å². The van der Waals surface area contributed by atoms with Gasteiger partial charge in [-0.1, -0.05) is 17.7 Å². The number of nitrogens with zero attached hydrogens (tertiary/aromatic N) is 3. The van der Waals surface area contributed by atoms with E-state index in [4.69, 9.17) is 14.5 Å². The number of aryl methyl sites for hydroxylation is 3. The van der Waals surface area contributed by atoms with Crippen molar-refractivity contribution in [1.29, 1.82) is 0 Å². The van der Waals surface area contributed by atoms with E-state index in [0.717, 1.165) is 28.1 Å². The molecule has 0 N–H and O–H groups in total. The number of aromatic nitrogens is 2. The molecule has 0 radical (unpaired) electrons. The molecule has 0 saturated heterocycles. The molecular formula is C24H30ClN3O3. The molecule has 0 unspecified atom stereocenters. The van der Waals surface area contributed by atoms with Gasteiger partial charge < -0.3 is 9.47 Å². The van der Waals surface area contributed by atoms with Crippen LogP contribution in [0.5, 0.6) is 11.5 Å². The number of methoxy groups -OCH3 is 2.